The molecule has 0 aromatic carbocycles. The van der Waals surface area contributed by atoms with E-state index in [9.17, 15) is 19.6 Å². The van der Waals surface area contributed by atoms with Crippen LogP contribution < -0.4 is 0 Å². The second-order valence-electron chi connectivity index (χ2n) is 1.76. The van der Waals surface area contributed by atoms with Gasteiger partial charge in [0, 0.05) is 0 Å². The Morgan fingerprint density at radius 2 is 1.09 bits per heavy atom. The van der Waals surface area contributed by atoms with Gasteiger partial charge in [-0.15, -0.1) is 0 Å². The quantitative estimate of drug-likeness (QED) is 0.568. The molecule has 0 aliphatic heterocycles. The number of halogens is 6. The summed E-state index contributed by atoms with van der Waals surface area (Å²) < 4.78 is 74.8. The predicted octanol–water partition coefficient (Wildman–Crippen LogP) is 1.61. The minimum absolute atomic E-state index is 0. The van der Waals surface area contributed by atoms with Gasteiger partial charge in [0.05, 0.1) is 0 Å². The number of rotatable bonds is 2. The SMILES string of the molecule is [NaH].[O]=[Zr]([F])([F])([F])([F])([O]F)[O]F. The van der Waals surface area contributed by atoms with E-state index in [1.807, 2.05) is 0 Å². The van der Waals surface area contributed by atoms with Crippen LogP contribution in [0.4, 0.5) is 19.6 Å². The van der Waals surface area contributed by atoms with E-state index in [0.717, 1.165) is 0 Å². The average molecular weight is 277 g/mol. The number of hydrogen-bond donors (Lipinski definition) is 0. The van der Waals surface area contributed by atoms with Gasteiger partial charge in [-0.1, -0.05) is 0 Å². The van der Waals surface area contributed by atoms with Crippen LogP contribution in [0.15, 0.2) is 0 Å². The van der Waals surface area contributed by atoms with Crippen LogP contribution in [-0.2, 0) is 28.0 Å². The van der Waals surface area contributed by atoms with Gasteiger partial charge in [-0.05, 0) is 0 Å². The number of hydrogen-bond acceptors (Lipinski definition) is 3. The molecule has 0 fully saturated rings. The molecule has 0 radical (unpaired) electrons. The molecule has 0 N–H and O–H groups in total. The first-order valence-electron chi connectivity index (χ1n) is 1.68. The molecular formula is HF6NaO3Zr. The van der Waals surface area contributed by atoms with Crippen LogP contribution in [0.2, 0.25) is 0 Å². The summed E-state index contributed by atoms with van der Waals surface area (Å²) in [6, 6.07) is 0. The predicted molar refractivity (Wildman–Crippen MR) is 16.7 cm³/mol. The molecule has 0 aliphatic carbocycles. The van der Waals surface area contributed by atoms with Crippen molar-refractivity contribution < 1.29 is 47.5 Å². The summed E-state index contributed by atoms with van der Waals surface area (Å²) in [6.07, 6.45) is 0. The van der Waals surface area contributed by atoms with Crippen LogP contribution in [0.25, 0.3) is 0 Å². The minimum atomic E-state index is -12.6. The Balaban J connectivity index is 0. The summed E-state index contributed by atoms with van der Waals surface area (Å²) >= 11 is -12.6. The molecule has 0 spiro atoms. The van der Waals surface area contributed by atoms with E-state index >= 15 is 0 Å². The molecular weight excluding hydrogens is 276 g/mol. The molecule has 0 bridgehead atoms. The van der Waals surface area contributed by atoms with Gasteiger partial charge < -0.3 is 0 Å². The Labute approximate surface area is 76.5 Å². The summed E-state index contributed by atoms with van der Waals surface area (Å²) in [5.41, 5.74) is 0. The second-order valence-corrected chi connectivity index (χ2v) is 10.4. The first-order chi connectivity index (χ1) is 3.84. The molecule has 0 unspecified atom stereocenters. The Bertz CT molecular complexity index is 239. The van der Waals surface area contributed by atoms with E-state index in [-0.39, 0.29) is 29.6 Å². The first kappa shape index (κ1) is 14.7. The topological polar surface area (TPSA) is 35.5 Å². The van der Waals surface area contributed by atoms with Gasteiger partial charge >= 0.3 is 77.1 Å². The zero-order valence-electron chi connectivity index (χ0n) is 3.99. The van der Waals surface area contributed by atoms with Crippen molar-refractivity contribution in [3.8, 4) is 0 Å². The molecule has 0 heterocycles. The van der Waals surface area contributed by atoms with E-state index in [2.05, 4.69) is 0 Å². The zero-order valence-corrected chi connectivity index (χ0v) is 6.45. The fraction of sp³-hybridized carbons (Fsp3) is 0. The van der Waals surface area contributed by atoms with E-state index in [4.69, 9.17) is 2.81 Å². The monoisotopic (exact) mass is 276 g/mol. The van der Waals surface area contributed by atoms with Crippen molar-refractivity contribution in [3.63, 3.8) is 0 Å². The van der Waals surface area contributed by atoms with E-state index in [1.54, 1.807) is 0 Å². The molecule has 0 aromatic heterocycles. The van der Waals surface area contributed by atoms with Gasteiger partial charge in [0.1, 0.15) is 0 Å². The Morgan fingerprint density at radius 1 is 0.909 bits per heavy atom. The van der Waals surface area contributed by atoms with Crippen LogP contribution >= 0.6 is 0 Å². The fourth-order valence-electron chi connectivity index (χ4n) is 0.0119. The maximum absolute atomic E-state index is 12.6. The molecule has 66 valence electrons. The van der Waals surface area contributed by atoms with Crippen molar-refractivity contribution in [2.75, 3.05) is 0 Å². The van der Waals surface area contributed by atoms with E-state index in [1.165, 1.54) is 0 Å². The van der Waals surface area contributed by atoms with Crippen molar-refractivity contribution in [1.82, 2.24) is 0 Å². The molecule has 0 aromatic rings. The summed E-state index contributed by atoms with van der Waals surface area (Å²) in [5.74, 6) is 0. The molecule has 3 nitrogen and oxygen atoms in total. The van der Waals surface area contributed by atoms with Crippen LogP contribution in [0.5, 0.6) is 0 Å². The summed E-state index contributed by atoms with van der Waals surface area (Å²) in [7, 11) is 0. The Hall–Kier alpha value is 1.18. The molecule has 0 amide bonds. The Kier molecular flexibility index (Phi) is 2.65. The van der Waals surface area contributed by atoms with Gasteiger partial charge in [-0.2, -0.15) is 0 Å². The standard InChI is InChI=1S/2FO.4FH.Na.O.Zr.H/c2*1-2;;;;;;;;/h;;4*1H;;;;/q2*-1;;;;;;;+6;/p-4. The first-order valence-corrected chi connectivity index (χ1v) is 8.40. The third-order valence-electron chi connectivity index (χ3n) is 0.359. The summed E-state index contributed by atoms with van der Waals surface area (Å²) in [6.45, 7) is 0. The molecule has 0 rings (SSSR count). The van der Waals surface area contributed by atoms with E-state index < -0.39 is 19.1 Å². The van der Waals surface area contributed by atoms with Crippen LogP contribution in [0.3, 0.4) is 0 Å². The molecule has 0 aliphatic rings. The maximum atomic E-state index is 11.1. The summed E-state index contributed by atoms with van der Waals surface area (Å²) in [5, 5.41) is 0. The van der Waals surface area contributed by atoms with Crippen molar-refractivity contribution in [3.05, 3.63) is 0 Å². The average Bonchev–Trinajstić information content (AvgIpc) is 1.66. The molecule has 0 atom stereocenters. The third-order valence-corrected chi connectivity index (χ3v) is 2.13. The van der Waals surface area contributed by atoms with Crippen molar-refractivity contribution in [1.29, 1.82) is 0 Å². The van der Waals surface area contributed by atoms with Crippen LogP contribution in [0.1, 0.15) is 0 Å². The second kappa shape index (κ2) is 1.98. The van der Waals surface area contributed by atoms with Crippen molar-refractivity contribution in [2.24, 2.45) is 0 Å². The van der Waals surface area contributed by atoms with Gasteiger partial charge in [-0.25, -0.2) is 0 Å². The van der Waals surface area contributed by atoms with Gasteiger partial charge in [0.25, 0.3) is 0 Å². The third kappa shape index (κ3) is 5.43. The summed E-state index contributed by atoms with van der Waals surface area (Å²) in [4.78, 5) is 0. The molecule has 0 saturated heterocycles. The van der Waals surface area contributed by atoms with Crippen LogP contribution in [-0.4, -0.2) is 29.6 Å². The van der Waals surface area contributed by atoms with E-state index in [0.29, 0.717) is 6.04 Å². The molecule has 0 saturated carbocycles. The van der Waals surface area contributed by atoms with Gasteiger partial charge in [0.2, 0.25) is 0 Å². The molecule has 11 heteroatoms. The van der Waals surface area contributed by atoms with Crippen LogP contribution in [0, 0.1) is 0 Å². The van der Waals surface area contributed by atoms with Crippen molar-refractivity contribution >= 4 is 29.6 Å². The van der Waals surface area contributed by atoms with Gasteiger partial charge in [-0.3, -0.25) is 0 Å². The Morgan fingerprint density at radius 3 is 1.09 bits per heavy atom. The van der Waals surface area contributed by atoms with Gasteiger partial charge in [0.15, 0.2) is 0 Å². The molecule has 11 heavy (non-hydrogen) atoms. The van der Waals surface area contributed by atoms with Crippen molar-refractivity contribution in [2.45, 2.75) is 0 Å². The normalized spacial score (nSPS) is 21.8. The fourth-order valence-corrected chi connectivity index (χ4v) is 0.0704. The zero-order chi connectivity index (χ0) is 8.79.